The summed E-state index contributed by atoms with van der Waals surface area (Å²) in [4.78, 5) is 21.3. The molecule has 1 aromatic carbocycles. The summed E-state index contributed by atoms with van der Waals surface area (Å²) in [7, 11) is 0. The number of rotatable bonds is 3. The number of hydrogen-bond donors (Lipinski definition) is 0. The summed E-state index contributed by atoms with van der Waals surface area (Å²) < 4.78 is 0. The summed E-state index contributed by atoms with van der Waals surface area (Å²) in [6.07, 6.45) is 3.78. The summed E-state index contributed by atoms with van der Waals surface area (Å²) in [5.41, 5.74) is 1.75. The molecule has 2 saturated heterocycles. The van der Waals surface area contributed by atoms with Gasteiger partial charge in [0, 0.05) is 38.0 Å². The molecule has 0 saturated carbocycles. The zero-order chi connectivity index (χ0) is 18.7. The topological polar surface area (TPSA) is 60.2 Å². The Morgan fingerprint density at radius 3 is 2.74 bits per heavy atom. The SMILES string of the molecule is N#Cc1cccc(N2CCCC3(CCC(=O)N(Cc4ccccc4)C3)C2)n1. The number of piperidine rings is 2. The maximum atomic E-state index is 12.5. The van der Waals surface area contributed by atoms with Crippen LogP contribution in [0.3, 0.4) is 0 Å². The highest BCUT2D eigenvalue weighted by Crippen LogP contribution is 2.40. The minimum absolute atomic E-state index is 0.116. The van der Waals surface area contributed by atoms with Crippen molar-refractivity contribution >= 4 is 11.7 Å². The molecule has 2 aliphatic rings. The number of hydrogen-bond acceptors (Lipinski definition) is 4. The number of nitrogens with zero attached hydrogens (tertiary/aromatic N) is 4. The van der Waals surface area contributed by atoms with E-state index in [9.17, 15) is 4.79 Å². The zero-order valence-electron chi connectivity index (χ0n) is 15.5. The second kappa shape index (κ2) is 7.40. The minimum Gasteiger partial charge on any atom is -0.356 e. The highest BCUT2D eigenvalue weighted by Gasteiger charge is 2.42. The molecule has 0 bridgehead atoms. The second-order valence-corrected chi connectivity index (χ2v) is 7.75. The van der Waals surface area contributed by atoms with E-state index in [4.69, 9.17) is 5.26 Å². The first kappa shape index (κ1) is 17.5. The van der Waals surface area contributed by atoms with Crippen LogP contribution >= 0.6 is 0 Å². The number of pyridine rings is 1. The summed E-state index contributed by atoms with van der Waals surface area (Å²) in [6.45, 7) is 3.34. The molecular formula is C22H24N4O. The fourth-order valence-corrected chi connectivity index (χ4v) is 4.45. The van der Waals surface area contributed by atoms with E-state index < -0.39 is 0 Å². The van der Waals surface area contributed by atoms with Crippen molar-refractivity contribution in [1.29, 1.82) is 5.26 Å². The second-order valence-electron chi connectivity index (χ2n) is 7.75. The first-order valence-electron chi connectivity index (χ1n) is 9.61. The van der Waals surface area contributed by atoms with Crippen molar-refractivity contribution in [2.45, 2.75) is 32.2 Å². The number of likely N-dealkylation sites (tertiary alicyclic amines) is 1. The van der Waals surface area contributed by atoms with Crippen LogP contribution in [0.1, 0.15) is 36.9 Å². The molecule has 4 rings (SSSR count). The molecule has 5 heteroatoms. The standard InChI is InChI=1S/C22H24N4O/c23-14-19-8-4-9-20(24-19)25-13-5-11-22(16-25)12-10-21(27)26(17-22)15-18-6-2-1-3-7-18/h1-4,6-9H,5,10-13,15-17H2. The summed E-state index contributed by atoms with van der Waals surface area (Å²) in [5, 5.41) is 9.13. The number of anilines is 1. The van der Waals surface area contributed by atoms with Crippen LogP contribution in [0.4, 0.5) is 5.82 Å². The molecule has 2 aromatic rings. The molecule has 0 N–H and O–H groups in total. The Bertz CT molecular complexity index is 860. The minimum atomic E-state index is 0.116. The summed E-state index contributed by atoms with van der Waals surface area (Å²) in [6, 6.07) is 18.0. The van der Waals surface area contributed by atoms with Gasteiger partial charge in [-0.1, -0.05) is 36.4 Å². The molecule has 1 spiro atoms. The van der Waals surface area contributed by atoms with Crippen molar-refractivity contribution in [1.82, 2.24) is 9.88 Å². The van der Waals surface area contributed by atoms with Gasteiger partial charge in [-0.3, -0.25) is 4.79 Å². The van der Waals surface area contributed by atoms with Crippen LogP contribution in [0.15, 0.2) is 48.5 Å². The van der Waals surface area contributed by atoms with E-state index in [0.29, 0.717) is 18.7 Å². The molecule has 138 valence electrons. The van der Waals surface area contributed by atoms with E-state index in [-0.39, 0.29) is 11.3 Å². The lowest BCUT2D eigenvalue weighted by molar-refractivity contribution is -0.138. The molecule has 1 atom stereocenters. The van der Waals surface area contributed by atoms with Gasteiger partial charge in [0.1, 0.15) is 17.6 Å². The van der Waals surface area contributed by atoms with E-state index in [0.717, 1.165) is 44.7 Å². The van der Waals surface area contributed by atoms with Gasteiger partial charge < -0.3 is 9.80 Å². The first-order valence-corrected chi connectivity index (χ1v) is 9.61. The van der Waals surface area contributed by atoms with Gasteiger partial charge in [0.05, 0.1) is 0 Å². The summed E-state index contributed by atoms with van der Waals surface area (Å²) in [5.74, 6) is 1.13. The predicted octanol–water partition coefficient (Wildman–Crippen LogP) is 3.36. The van der Waals surface area contributed by atoms with Gasteiger partial charge in [0.25, 0.3) is 0 Å². The van der Waals surface area contributed by atoms with Gasteiger partial charge in [-0.05, 0) is 37.0 Å². The normalized spacial score (nSPS) is 22.7. The molecule has 2 aliphatic heterocycles. The van der Waals surface area contributed by atoms with Crippen molar-refractivity contribution < 1.29 is 4.79 Å². The number of nitriles is 1. The third kappa shape index (κ3) is 3.80. The third-order valence-electron chi connectivity index (χ3n) is 5.80. The fraction of sp³-hybridized carbons (Fsp3) is 0.409. The van der Waals surface area contributed by atoms with Crippen LogP contribution < -0.4 is 4.90 Å². The van der Waals surface area contributed by atoms with Gasteiger partial charge >= 0.3 is 0 Å². The molecule has 1 amide bonds. The molecular weight excluding hydrogens is 336 g/mol. The van der Waals surface area contributed by atoms with Crippen LogP contribution in [0, 0.1) is 16.7 Å². The average molecular weight is 360 g/mol. The molecule has 0 aliphatic carbocycles. The molecule has 0 radical (unpaired) electrons. The van der Waals surface area contributed by atoms with Crippen LogP contribution in [0.2, 0.25) is 0 Å². The van der Waals surface area contributed by atoms with Gasteiger partial charge in [-0.15, -0.1) is 0 Å². The Morgan fingerprint density at radius 2 is 1.93 bits per heavy atom. The summed E-state index contributed by atoms with van der Waals surface area (Å²) >= 11 is 0. The molecule has 1 aromatic heterocycles. The Hall–Kier alpha value is -2.87. The van der Waals surface area contributed by atoms with Crippen LogP contribution in [0.5, 0.6) is 0 Å². The zero-order valence-corrected chi connectivity index (χ0v) is 15.5. The van der Waals surface area contributed by atoms with Crippen molar-refractivity contribution in [3.8, 4) is 6.07 Å². The Balaban J connectivity index is 1.51. The maximum absolute atomic E-state index is 12.5. The highest BCUT2D eigenvalue weighted by molar-refractivity contribution is 5.77. The van der Waals surface area contributed by atoms with Crippen LogP contribution in [0.25, 0.3) is 0 Å². The predicted molar refractivity (Wildman–Crippen MR) is 104 cm³/mol. The molecule has 5 nitrogen and oxygen atoms in total. The van der Waals surface area contributed by atoms with E-state index in [1.165, 1.54) is 5.56 Å². The quantitative estimate of drug-likeness (QED) is 0.842. The average Bonchev–Trinajstić information content (AvgIpc) is 2.72. The van der Waals surface area contributed by atoms with E-state index in [1.54, 1.807) is 6.07 Å². The lowest BCUT2D eigenvalue weighted by atomic mass is 9.73. The fourth-order valence-electron chi connectivity index (χ4n) is 4.45. The molecule has 3 heterocycles. The Labute approximate surface area is 160 Å². The van der Waals surface area contributed by atoms with Crippen molar-refractivity contribution in [3.05, 3.63) is 59.8 Å². The van der Waals surface area contributed by atoms with Gasteiger partial charge in [0.15, 0.2) is 0 Å². The highest BCUT2D eigenvalue weighted by atomic mass is 16.2. The molecule has 27 heavy (non-hydrogen) atoms. The van der Waals surface area contributed by atoms with E-state index >= 15 is 0 Å². The van der Waals surface area contributed by atoms with E-state index in [1.807, 2.05) is 35.2 Å². The number of aromatic nitrogens is 1. The number of benzene rings is 1. The maximum Gasteiger partial charge on any atom is 0.222 e. The smallest absolute Gasteiger partial charge is 0.222 e. The van der Waals surface area contributed by atoms with Crippen molar-refractivity contribution in [3.63, 3.8) is 0 Å². The lowest BCUT2D eigenvalue weighted by Gasteiger charge is -2.48. The Kier molecular flexibility index (Phi) is 4.81. The van der Waals surface area contributed by atoms with Crippen molar-refractivity contribution in [2.24, 2.45) is 5.41 Å². The lowest BCUT2D eigenvalue weighted by Crippen LogP contribution is -2.54. The largest absolute Gasteiger partial charge is 0.356 e. The first-order chi connectivity index (χ1) is 13.2. The van der Waals surface area contributed by atoms with E-state index in [2.05, 4.69) is 28.1 Å². The monoisotopic (exact) mass is 360 g/mol. The van der Waals surface area contributed by atoms with Gasteiger partial charge in [-0.25, -0.2) is 4.98 Å². The Morgan fingerprint density at radius 1 is 1.07 bits per heavy atom. The number of carbonyl (C=O) groups excluding carboxylic acids is 1. The van der Waals surface area contributed by atoms with Gasteiger partial charge in [-0.2, -0.15) is 5.26 Å². The van der Waals surface area contributed by atoms with Crippen LogP contribution in [-0.4, -0.2) is 35.4 Å². The molecule has 1 unspecified atom stereocenters. The van der Waals surface area contributed by atoms with Crippen molar-refractivity contribution in [2.75, 3.05) is 24.5 Å². The number of amides is 1. The third-order valence-corrected chi connectivity index (χ3v) is 5.80. The van der Waals surface area contributed by atoms with Gasteiger partial charge in [0.2, 0.25) is 5.91 Å². The number of carbonyl (C=O) groups is 1. The molecule has 2 fully saturated rings. The van der Waals surface area contributed by atoms with Crippen LogP contribution in [-0.2, 0) is 11.3 Å².